The van der Waals surface area contributed by atoms with Crippen molar-refractivity contribution < 1.29 is 9.53 Å². The Balaban J connectivity index is 2.18. The maximum Gasteiger partial charge on any atom is 0.266 e. The molecule has 0 aliphatic heterocycles. The van der Waals surface area contributed by atoms with Gasteiger partial charge in [0.1, 0.15) is 17.4 Å². The first-order valence-electron chi connectivity index (χ1n) is 7.35. The van der Waals surface area contributed by atoms with E-state index in [1.807, 2.05) is 50.2 Å². The van der Waals surface area contributed by atoms with Crippen molar-refractivity contribution in [2.24, 2.45) is 0 Å². The molecular formula is C19H18N2O2. The van der Waals surface area contributed by atoms with Gasteiger partial charge in [-0.1, -0.05) is 29.8 Å². The Hall–Kier alpha value is -3.06. The number of nitriles is 1. The Morgan fingerprint density at radius 3 is 2.65 bits per heavy atom. The fourth-order valence-electron chi connectivity index (χ4n) is 2.01. The van der Waals surface area contributed by atoms with E-state index in [2.05, 4.69) is 5.32 Å². The summed E-state index contributed by atoms with van der Waals surface area (Å²) in [5, 5.41) is 12.0. The number of nitrogens with zero attached hydrogens (tertiary/aromatic N) is 1. The molecule has 0 unspecified atom stereocenters. The summed E-state index contributed by atoms with van der Waals surface area (Å²) in [5.41, 5.74) is 2.54. The minimum absolute atomic E-state index is 0.0409. The van der Waals surface area contributed by atoms with Crippen molar-refractivity contribution in [3.8, 4) is 11.8 Å². The molecule has 2 aromatic rings. The molecule has 2 aromatic carbocycles. The predicted octanol–water partition coefficient (Wildman–Crippen LogP) is 3.94. The molecule has 0 saturated heterocycles. The van der Waals surface area contributed by atoms with Crippen LogP contribution in [0.25, 0.3) is 6.08 Å². The molecule has 2 rings (SSSR count). The van der Waals surface area contributed by atoms with Crippen molar-refractivity contribution in [2.75, 3.05) is 11.9 Å². The minimum Gasteiger partial charge on any atom is -0.494 e. The molecule has 0 spiro atoms. The van der Waals surface area contributed by atoms with Crippen LogP contribution in [0.4, 0.5) is 5.69 Å². The van der Waals surface area contributed by atoms with Gasteiger partial charge in [-0.25, -0.2) is 0 Å². The monoisotopic (exact) mass is 306 g/mol. The maximum atomic E-state index is 12.2. The smallest absolute Gasteiger partial charge is 0.266 e. The number of rotatable bonds is 5. The molecule has 4 nitrogen and oxygen atoms in total. The molecule has 0 saturated carbocycles. The van der Waals surface area contributed by atoms with Gasteiger partial charge in [0, 0.05) is 5.69 Å². The van der Waals surface area contributed by atoms with Crippen LogP contribution in [0.1, 0.15) is 18.1 Å². The van der Waals surface area contributed by atoms with Crippen LogP contribution in [-0.2, 0) is 4.79 Å². The quantitative estimate of drug-likeness (QED) is 0.672. The molecular weight excluding hydrogens is 288 g/mol. The zero-order valence-electron chi connectivity index (χ0n) is 13.2. The van der Waals surface area contributed by atoms with Gasteiger partial charge in [0.2, 0.25) is 0 Å². The zero-order valence-corrected chi connectivity index (χ0v) is 13.2. The first-order chi connectivity index (χ1) is 11.1. The van der Waals surface area contributed by atoms with Gasteiger partial charge in [-0.15, -0.1) is 0 Å². The summed E-state index contributed by atoms with van der Waals surface area (Å²) in [7, 11) is 0. The standard InChI is InChI=1S/C19H18N2O2/c1-3-23-18-6-4-5-15(12-18)11-16(13-20)19(22)21-17-9-7-14(2)8-10-17/h4-12H,3H2,1-2H3,(H,21,22)/b16-11+. The lowest BCUT2D eigenvalue weighted by atomic mass is 10.1. The third-order valence-corrected chi connectivity index (χ3v) is 3.15. The molecule has 4 heteroatoms. The Morgan fingerprint density at radius 1 is 1.26 bits per heavy atom. The lowest BCUT2D eigenvalue weighted by molar-refractivity contribution is -0.112. The lowest BCUT2D eigenvalue weighted by Crippen LogP contribution is -2.13. The largest absolute Gasteiger partial charge is 0.494 e. The summed E-state index contributed by atoms with van der Waals surface area (Å²) < 4.78 is 5.42. The van der Waals surface area contributed by atoms with Crippen LogP contribution >= 0.6 is 0 Å². The topological polar surface area (TPSA) is 62.1 Å². The van der Waals surface area contributed by atoms with Crippen molar-refractivity contribution in [1.29, 1.82) is 5.26 Å². The molecule has 1 N–H and O–H groups in total. The number of ether oxygens (including phenoxy) is 1. The molecule has 0 aromatic heterocycles. The van der Waals surface area contributed by atoms with Crippen LogP contribution < -0.4 is 10.1 Å². The molecule has 1 amide bonds. The van der Waals surface area contributed by atoms with Crippen molar-refractivity contribution in [3.05, 3.63) is 65.2 Å². The third-order valence-electron chi connectivity index (χ3n) is 3.15. The second kappa shape index (κ2) is 7.81. The molecule has 0 aliphatic rings. The van der Waals surface area contributed by atoms with Crippen molar-refractivity contribution in [2.45, 2.75) is 13.8 Å². The Bertz CT molecular complexity index is 756. The molecule has 0 atom stereocenters. The number of carbonyl (C=O) groups is 1. The molecule has 0 bridgehead atoms. The van der Waals surface area contributed by atoms with Crippen molar-refractivity contribution in [3.63, 3.8) is 0 Å². The first-order valence-corrected chi connectivity index (χ1v) is 7.35. The van der Waals surface area contributed by atoms with E-state index >= 15 is 0 Å². The highest BCUT2D eigenvalue weighted by atomic mass is 16.5. The molecule has 0 aliphatic carbocycles. The SMILES string of the molecule is CCOc1cccc(/C=C(\C#N)C(=O)Nc2ccc(C)cc2)c1. The maximum absolute atomic E-state index is 12.2. The number of carbonyl (C=O) groups excluding carboxylic acids is 1. The Kier molecular flexibility index (Phi) is 5.54. The number of anilines is 1. The van der Waals surface area contributed by atoms with Gasteiger partial charge in [0.15, 0.2) is 0 Å². The average Bonchev–Trinajstić information content (AvgIpc) is 2.55. The molecule has 0 radical (unpaired) electrons. The number of amides is 1. The van der Waals surface area contributed by atoms with E-state index in [0.29, 0.717) is 18.0 Å². The van der Waals surface area contributed by atoms with E-state index in [-0.39, 0.29) is 5.57 Å². The van der Waals surface area contributed by atoms with E-state index in [0.717, 1.165) is 11.1 Å². The highest BCUT2D eigenvalue weighted by molar-refractivity contribution is 6.09. The number of hydrogen-bond acceptors (Lipinski definition) is 3. The minimum atomic E-state index is -0.432. The van der Waals surface area contributed by atoms with Crippen LogP contribution in [0.2, 0.25) is 0 Å². The van der Waals surface area contributed by atoms with Gasteiger partial charge < -0.3 is 10.1 Å². The van der Waals surface area contributed by atoms with E-state index < -0.39 is 5.91 Å². The summed E-state index contributed by atoms with van der Waals surface area (Å²) in [4.78, 5) is 12.2. The second-order valence-electron chi connectivity index (χ2n) is 5.00. The zero-order chi connectivity index (χ0) is 16.7. The number of aryl methyl sites for hydroxylation is 1. The Labute approximate surface area is 136 Å². The van der Waals surface area contributed by atoms with Crippen molar-refractivity contribution >= 4 is 17.7 Å². The normalized spacial score (nSPS) is 10.7. The van der Waals surface area contributed by atoms with Gasteiger partial charge in [-0.3, -0.25) is 4.79 Å². The number of nitrogens with one attached hydrogen (secondary N) is 1. The average molecular weight is 306 g/mol. The number of hydrogen-bond donors (Lipinski definition) is 1. The fourth-order valence-corrected chi connectivity index (χ4v) is 2.01. The van der Waals surface area contributed by atoms with E-state index in [1.165, 1.54) is 0 Å². The molecule has 23 heavy (non-hydrogen) atoms. The third kappa shape index (κ3) is 4.72. The van der Waals surface area contributed by atoms with E-state index in [9.17, 15) is 10.1 Å². The summed E-state index contributed by atoms with van der Waals surface area (Å²) in [6, 6.07) is 16.6. The summed E-state index contributed by atoms with van der Waals surface area (Å²) in [6.07, 6.45) is 1.55. The molecule has 0 fully saturated rings. The fraction of sp³-hybridized carbons (Fsp3) is 0.158. The lowest BCUT2D eigenvalue weighted by Gasteiger charge is -2.06. The van der Waals surface area contributed by atoms with Crippen LogP contribution in [0, 0.1) is 18.3 Å². The summed E-state index contributed by atoms with van der Waals surface area (Å²) in [6.45, 7) is 4.43. The first kappa shape index (κ1) is 16.3. The van der Waals surface area contributed by atoms with Crippen LogP contribution in [0.5, 0.6) is 5.75 Å². The number of benzene rings is 2. The highest BCUT2D eigenvalue weighted by Crippen LogP contribution is 2.17. The van der Waals surface area contributed by atoms with Gasteiger partial charge in [0.25, 0.3) is 5.91 Å². The molecule has 116 valence electrons. The van der Waals surface area contributed by atoms with Gasteiger partial charge in [0.05, 0.1) is 6.61 Å². The summed E-state index contributed by atoms with van der Waals surface area (Å²) >= 11 is 0. The van der Waals surface area contributed by atoms with E-state index in [1.54, 1.807) is 24.3 Å². The highest BCUT2D eigenvalue weighted by Gasteiger charge is 2.09. The van der Waals surface area contributed by atoms with Crippen LogP contribution in [0.3, 0.4) is 0 Å². The van der Waals surface area contributed by atoms with E-state index in [4.69, 9.17) is 4.74 Å². The van der Waals surface area contributed by atoms with Gasteiger partial charge in [-0.05, 0) is 49.8 Å². The Morgan fingerprint density at radius 2 is 2.00 bits per heavy atom. The van der Waals surface area contributed by atoms with Crippen molar-refractivity contribution in [1.82, 2.24) is 0 Å². The second-order valence-corrected chi connectivity index (χ2v) is 5.00. The van der Waals surface area contributed by atoms with Crippen LogP contribution in [0.15, 0.2) is 54.1 Å². The molecule has 0 heterocycles. The van der Waals surface area contributed by atoms with Gasteiger partial charge >= 0.3 is 0 Å². The summed E-state index contributed by atoms with van der Waals surface area (Å²) in [5.74, 6) is 0.274. The predicted molar refractivity (Wildman–Crippen MR) is 91.0 cm³/mol. The van der Waals surface area contributed by atoms with Gasteiger partial charge in [-0.2, -0.15) is 5.26 Å². The van der Waals surface area contributed by atoms with Crippen LogP contribution in [-0.4, -0.2) is 12.5 Å².